The first kappa shape index (κ1) is 8.62. The Morgan fingerprint density at radius 1 is 1.56 bits per heavy atom. The first-order valence-corrected chi connectivity index (χ1v) is 4.14. The van der Waals surface area contributed by atoms with Crippen LogP contribution in [0.2, 0.25) is 0 Å². The Morgan fingerprint density at radius 3 is 2.11 bits per heavy atom. The second-order valence-corrected chi connectivity index (χ2v) is 3.83. The Kier molecular flexibility index (Phi) is 2.84. The summed E-state index contributed by atoms with van der Waals surface area (Å²) in [5.41, 5.74) is 0. The summed E-state index contributed by atoms with van der Waals surface area (Å²) in [5.74, 6) is -1.38. The average molecular weight is 154 g/mol. The lowest BCUT2D eigenvalue weighted by Gasteiger charge is -2.01. The standard InChI is InChI=1S/C3H7O5P/c4-2-9(7,8)1-3(5)6/h4H,1-2H2,(H,5,6)(H,7,8). The molecule has 0 aromatic heterocycles. The second kappa shape index (κ2) is 2.96. The number of aliphatic carboxylic acids is 1. The highest BCUT2D eigenvalue weighted by molar-refractivity contribution is 7.58. The van der Waals surface area contributed by atoms with Crippen LogP contribution in [0.3, 0.4) is 0 Å². The van der Waals surface area contributed by atoms with Gasteiger partial charge in [-0.1, -0.05) is 0 Å². The predicted octanol–water partition coefficient (Wildman–Crippen LogP) is -0.709. The SMILES string of the molecule is O=C(O)CP(=O)(O)CO. The zero-order valence-corrected chi connectivity index (χ0v) is 5.41. The molecule has 0 fully saturated rings. The molecule has 0 aliphatic carbocycles. The number of aliphatic hydroxyl groups excluding tert-OH is 1. The van der Waals surface area contributed by atoms with Gasteiger partial charge in [-0.2, -0.15) is 0 Å². The summed E-state index contributed by atoms with van der Waals surface area (Å²) in [6, 6.07) is 0. The van der Waals surface area contributed by atoms with E-state index in [1.165, 1.54) is 0 Å². The summed E-state index contributed by atoms with van der Waals surface area (Å²) in [7, 11) is -3.77. The van der Waals surface area contributed by atoms with Gasteiger partial charge in [-0.3, -0.25) is 9.36 Å². The molecule has 6 heteroatoms. The van der Waals surface area contributed by atoms with Gasteiger partial charge in [-0.15, -0.1) is 0 Å². The van der Waals surface area contributed by atoms with Crippen molar-refractivity contribution in [3.63, 3.8) is 0 Å². The molecule has 1 unspecified atom stereocenters. The Hall–Kier alpha value is -0.380. The van der Waals surface area contributed by atoms with Crippen LogP contribution >= 0.6 is 7.37 Å². The molecule has 5 nitrogen and oxygen atoms in total. The molecule has 0 aromatic rings. The fourth-order valence-corrected chi connectivity index (χ4v) is 0.784. The molecule has 54 valence electrons. The zero-order valence-electron chi connectivity index (χ0n) is 4.52. The summed E-state index contributed by atoms with van der Waals surface area (Å²) in [5, 5.41) is 16.0. The van der Waals surface area contributed by atoms with Gasteiger partial charge in [0.25, 0.3) is 0 Å². The number of carbonyl (C=O) groups is 1. The second-order valence-electron chi connectivity index (χ2n) is 1.54. The van der Waals surface area contributed by atoms with Crippen molar-refractivity contribution in [2.75, 3.05) is 12.5 Å². The lowest BCUT2D eigenvalue weighted by atomic mass is 10.8. The maximum absolute atomic E-state index is 10.3. The third-order valence-electron chi connectivity index (χ3n) is 0.603. The number of hydrogen-bond acceptors (Lipinski definition) is 3. The van der Waals surface area contributed by atoms with Crippen LogP contribution < -0.4 is 0 Å². The van der Waals surface area contributed by atoms with E-state index in [2.05, 4.69) is 0 Å². The van der Waals surface area contributed by atoms with Crippen molar-refractivity contribution >= 4 is 13.3 Å². The van der Waals surface area contributed by atoms with Crippen LogP contribution in [-0.4, -0.2) is 33.6 Å². The van der Waals surface area contributed by atoms with E-state index in [4.69, 9.17) is 15.1 Å². The van der Waals surface area contributed by atoms with Gasteiger partial charge in [0.2, 0.25) is 7.37 Å². The van der Waals surface area contributed by atoms with Gasteiger partial charge in [-0.05, 0) is 0 Å². The maximum Gasteiger partial charge on any atom is 0.313 e. The molecule has 0 heterocycles. The van der Waals surface area contributed by atoms with Crippen molar-refractivity contribution < 1.29 is 24.5 Å². The summed E-state index contributed by atoms with van der Waals surface area (Å²) in [4.78, 5) is 18.1. The highest BCUT2D eigenvalue weighted by atomic mass is 31.2. The summed E-state index contributed by atoms with van der Waals surface area (Å²) >= 11 is 0. The van der Waals surface area contributed by atoms with Crippen LogP contribution in [0.1, 0.15) is 0 Å². The third kappa shape index (κ3) is 4.14. The molecule has 3 N–H and O–H groups in total. The highest BCUT2D eigenvalue weighted by Gasteiger charge is 2.20. The maximum atomic E-state index is 10.3. The molecule has 0 amide bonds. The van der Waals surface area contributed by atoms with E-state index in [1.54, 1.807) is 0 Å². The summed E-state index contributed by atoms with van der Waals surface area (Å²) in [6.45, 7) is 0. The van der Waals surface area contributed by atoms with Gasteiger partial charge >= 0.3 is 5.97 Å². The first-order chi connectivity index (χ1) is 3.98. The van der Waals surface area contributed by atoms with Crippen molar-refractivity contribution in [1.29, 1.82) is 0 Å². The fourth-order valence-electron chi connectivity index (χ4n) is 0.261. The minimum atomic E-state index is -3.77. The predicted molar refractivity (Wildman–Crippen MR) is 29.4 cm³/mol. The summed E-state index contributed by atoms with van der Waals surface area (Å²) in [6.07, 6.45) is -1.84. The monoisotopic (exact) mass is 154 g/mol. The first-order valence-electron chi connectivity index (χ1n) is 2.11. The summed E-state index contributed by atoms with van der Waals surface area (Å²) < 4.78 is 10.3. The quantitative estimate of drug-likeness (QED) is 0.467. The van der Waals surface area contributed by atoms with Gasteiger partial charge < -0.3 is 15.1 Å². The molecule has 1 atom stereocenters. The van der Waals surface area contributed by atoms with Gasteiger partial charge in [0.05, 0.1) is 0 Å². The van der Waals surface area contributed by atoms with Crippen molar-refractivity contribution in [1.82, 2.24) is 0 Å². The lowest BCUT2D eigenvalue weighted by molar-refractivity contribution is -0.134. The Bertz CT molecular complexity index is 152. The number of aliphatic hydroxyl groups is 1. The molecular weight excluding hydrogens is 147 g/mol. The van der Waals surface area contributed by atoms with Crippen molar-refractivity contribution in [2.24, 2.45) is 0 Å². The smallest absolute Gasteiger partial charge is 0.313 e. The minimum Gasteiger partial charge on any atom is -0.481 e. The Morgan fingerprint density at radius 2 is 2.00 bits per heavy atom. The molecule has 0 rings (SSSR count). The Balaban J connectivity index is 3.88. The molecule has 0 aliphatic heterocycles. The molecule has 0 bridgehead atoms. The van der Waals surface area contributed by atoms with Crippen LogP contribution in [0.25, 0.3) is 0 Å². The van der Waals surface area contributed by atoms with Gasteiger partial charge in [0.1, 0.15) is 12.5 Å². The van der Waals surface area contributed by atoms with E-state index >= 15 is 0 Å². The molecular formula is C3H7O5P. The Labute approximate surface area is 51.4 Å². The number of rotatable bonds is 3. The molecule has 0 saturated heterocycles. The van der Waals surface area contributed by atoms with E-state index < -0.39 is 25.8 Å². The van der Waals surface area contributed by atoms with Gasteiger partial charge in [0, 0.05) is 0 Å². The number of hydrogen-bond donors (Lipinski definition) is 3. The van der Waals surface area contributed by atoms with E-state index in [9.17, 15) is 9.36 Å². The molecule has 9 heavy (non-hydrogen) atoms. The largest absolute Gasteiger partial charge is 0.481 e. The molecule has 0 saturated carbocycles. The van der Waals surface area contributed by atoms with Crippen molar-refractivity contribution in [2.45, 2.75) is 0 Å². The highest BCUT2D eigenvalue weighted by Crippen LogP contribution is 2.37. The van der Waals surface area contributed by atoms with Crippen LogP contribution in [0.4, 0.5) is 0 Å². The minimum absolute atomic E-state index is 0.872. The van der Waals surface area contributed by atoms with E-state index in [0.29, 0.717) is 0 Å². The van der Waals surface area contributed by atoms with Crippen LogP contribution in [0.5, 0.6) is 0 Å². The van der Waals surface area contributed by atoms with Crippen LogP contribution in [-0.2, 0) is 9.36 Å². The van der Waals surface area contributed by atoms with E-state index in [0.717, 1.165) is 0 Å². The third-order valence-corrected chi connectivity index (χ3v) is 1.81. The lowest BCUT2D eigenvalue weighted by Crippen LogP contribution is -2.04. The van der Waals surface area contributed by atoms with Crippen molar-refractivity contribution in [3.05, 3.63) is 0 Å². The number of carboxylic acid groups (broad SMARTS) is 1. The molecule has 0 spiro atoms. The zero-order chi connectivity index (χ0) is 7.49. The van der Waals surface area contributed by atoms with E-state index in [1.807, 2.05) is 0 Å². The fraction of sp³-hybridized carbons (Fsp3) is 0.667. The van der Waals surface area contributed by atoms with Crippen molar-refractivity contribution in [3.8, 4) is 0 Å². The molecule has 0 aromatic carbocycles. The molecule has 0 radical (unpaired) electrons. The number of carboxylic acids is 1. The normalized spacial score (nSPS) is 16.7. The average Bonchev–Trinajstić information content (AvgIpc) is 1.63. The van der Waals surface area contributed by atoms with Gasteiger partial charge in [-0.25, -0.2) is 0 Å². The van der Waals surface area contributed by atoms with Gasteiger partial charge in [0.15, 0.2) is 0 Å². The van der Waals surface area contributed by atoms with E-state index in [-0.39, 0.29) is 0 Å². The topological polar surface area (TPSA) is 94.8 Å². The van der Waals surface area contributed by atoms with Crippen LogP contribution in [0.15, 0.2) is 0 Å². The van der Waals surface area contributed by atoms with Crippen LogP contribution in [0, 0.1) is 0 Å². The molecule has 0 aliphatic rings.